The summed E-state index contributed by atoms with van der Waals surface area (Å²) < 4.78 is 15.5. The molecule has 0 spiro atoms. The van der Waals surface area contributed by atoms with E-state index in [1.165, 1.54) is 0 Å². The Morgan fingerprint density at radius 1 is 1.04 bits per heavy atom. The first-order chi connectivity index (χ1) is 12.1. The predicted molar refractivity (Wildman–Crippen MR) is 93.1 cm³/mol. The second-order valence-electron chi connectivity index (χ2n) is 5.80. The third kappa shape index (κ3) is 5.09. The van der Waals surface area contributed by atoms with Crippen LogP contribution in [0.2, 0.25) is 0 Å². The summed E-state index contributed by atoms with van der Waals surface area (Å²) in [5, 5.41) is 0. The number of nitrogens with zero attached hydrogens (tertiary/aromatic N) is 2. The van der Waals surface area contributed by atoms with Crippen LogP contribution in [0.25, 0.3) is 0 Å². The molecule has 0 radical (unpaired) electrons. The van der Waals surface area contributed by atoms with E-state index in [-0.39, 0.29) is 18.4 Å². The van der Waals surface area contributed by atoms with Crippen LogP contribution in [0.15, 0.2) is 18.2 Å². The van der Waals surface area contributed by atoms with Gasteiger partial charge in [-0.15, -0.1) is 0 Å². The van der Waals surface area contributed by atoms with Gasteiger partial charge in [-0.25, -0.2) is 0 Å². The molecule has 0 aromatic heterocycles. The minimum Gasteiger partial charge on any atom is -0.493 e. The molecule has 1 aromatic carbocycles. The van der Waals surface area contributed by atoms with Gasteiger partial charge in [0.2, 0.25) is 0 Å². The molecule has 1 aromatic rings. The molecule has 0 unspecified atom stereocenters. The quantitative estimate of drug-likeness (QED) is 0.723. The lowest BCUT2D eigenvalue weighted by molar-refractivity contribution is -0.144. The zero-order valence-electron chi connectivity index (χ0n) is 15.1. The normalized spacial score (nSPS) is 15.4. The van der Waals surface area contributed by atoms with E-state index in [4.69, 9.17) is 14.2 Å². The van der Waals surface area contributed by atoms with E-state index in [0.29, 0.717) is 43.3 Å². The van der Waals surface area contributed by atoms with Gasteiger partial charge in [0.15, 0.2) is 11.5 Å². The molecule has 1 saturated heterocycles. The number of esters is 1. The number of carbonyl (C=O) groups is 2. The average Bonchev–Trinajstić information content (AvgIpc) is 2.86. The van der Waals surface area contributed by atoms with Crippen LogP contribution in [0.3, 0.4) is 0 Å². The third-order valence-electron chi connectivity index (χ3n) is 4.16. The highest BCUT2D eigenvalue weighted by molar-refractivity contribution is 5.95. The summed E-state index contributed by atoms with van der Waals surface area (Å²) in [5.74, 6) is 0.865. The van der Waals surface area contributed by atoms with Crippen LogP contribution < -0.4 is 9.47 Å². The highest BCUT2D eigenvalue weighted by Gasteiger charge is 2.22. The molecule has 0 atom stereocenters. The van der Waals surface area contributed by atoms with E-state index in [1.54, 1.807) is 39.3 Å². The van der Waals surface area contributed by atoms with E-state index in [0.717, 1.165) is 13.0 Å². The first-order valence-electron chi connectivity index (χ1n) is 8.48. The summed E-state index contributed by atoms with van der Waals surface area (Å²) >= 11 is 0. The summed E-state index contributed by atoms with van der Waals surface area (Å²) in [7, 11) is 3.11. The number of hydrogen-bond donors (Lipinski definition) is 0. The molecule has 0 saturated carbocycles. The molecule has 138 valence electrons. The topological polar surface area (TPSA) is 68.3 Å². The van der Waals surface area contributed by atoms with Gasteiger partial charge < -0.3 is 19.1 Å². The second-order valence-corrected chi connectivity index (χ2v) is 5.80. The number of carbonyl (C=O) groups excluding carboxylic acids is 2. The van der Waals surface area contributed by atoms with Crippen LogP contribution in [0.1, 0.15) is 23.7 Å². The predicted octanol–water partition coefficient (Wildman–Crippen LogP) is 1.41. The molecule has 7 heteroatoms. The van der Waals surface area contributed by atoms with Crippen molar-refractivity contribution < 1.29 is 23.8 Å². The molecule has 0 aliphatic carbocycles. The van der Waals surface area contributed by atoms with Crippen molar-refractivity contribution in [3.8, 4) is 11.5 Å². The Labute approximate surface area is 148 Å². The van der Waals surface area contributed by atoms with Gasteiger partial charge in [0.25, 0.3) is 5.91 Å². The monoisotopic (exact) mass is 350 g/mol. The van der Waals surface area contributed by atoms with E-state index >= 15 is 0 Å². The fourth-order valence-corrected chi connectivity index (χ4v) is 2.87. The van der Waals surface area contributed by atoms with Crippen molar-refractivity contribution in [3.05, 3.63) is 23.8 Å². The Balaban J connectivity index is 2.00. The molecule has 2 rings (SSSR count). The number of hydrogen-bond acceptors (Lipinski definition) is 6. The summed E-state index contributed by atoms with van der Waals surface area (Å²) in [5.41, 5.74) is 0.566. The molecular formula is C18H26N2O5. The van der Waals surface area contributed by atoms with Gasteiger partial charge in [-0.1, -0.05) is 0 Å². The number of ether oxygens (including phenoxy) is 3. The molecule has 0 N–H and O–H groups in total. The van der Waals surface area contributed by atoms with Crippen molar-refractivity contribution in [1.29, 1.82) is 0 Å². The van der Waals surface area contributed by atoms with Crippen LogP contribution in [0.5, 0.6) is 11.5 Å². The van der Waals surface area contributed by atoms with E-state index in [9.17, 15) is 9.59 Å². The molecule has 25 heavy (non-hydrogen) atoms. The highest BCUT2D eigenvalue weighted by Crippen LogP contribution is 2.28. The van der Waals surface area contributed by atoms with Crippen LogP contribution in [0.4, 0.5) is 0 Å². The summed E-state index contributed by atoms with van der Waals surface area (Å²) in [6.07, 6.45) is 0.818. The Kier molecular flexibility index (Phi) is 7.06. The van der Waals surface area contributed by atoms with Gasteiger partial charge in [-0.2, -0.15) is 0 Å². The van der Waals surface area contributed by atoms with Gasteiger partial charge in [-0.05, 0) is 31.5 Å². The third-order valence-corrected chi connectivity index (χ3v) is 4.16. The molecule has 1 fully saturated rings. The lowest BCUT2D eigenvalue weighted by atomic mass is 10.1. The molecule has 1 aliphatic rings. The molecule has 0 bridgehead atoms. The Hall–Kier alpha value is -2.28. The molecule has 1 amide bonds. The van der Waals surface area contributed by atoms with Crippen LogP contribution in [-0.2, 0) is 9.53 Å². The first kappa shape index (κ1) is 19.1. The molecule has 7 nitrogen and oxygen atoms in total. The standard InChI is InChI=1S/C18H26N2O5/c1-4-25-17(21)13-19-8-5-9-20(11-10-19)18(22)14-6-7-15(23-2)16(12-14)24-3/h6-7,12H,4-5,8-11,13H2,1-3H3. The fraction of sp³-hybridized carbons (Fsp3) is 0.556. The Bertz CT molecular complexity index is 605. The lowest BCUT2D eigenvalue weighted by Gasteiger charge is -2.22. The van der Waals surface area contributed by atoms with E-state index in [1.807, 2.05) is 9.80 Å². The number of amides is 1. The lowest BCUT2D eigenvalue weighted by Crippen LogP contribution is -2.37. The van der Waals surface area contributed by atoms with Crippen molar-refractivity contribution in [3.63, 3.8) is 0 Å². The number of methoxy groups -OCH3 is 2. The van der Waals surface area contributed by atoms with Crippen LogP contribution in [0, 0.1) is 0 Å². The maximum Gasteiger partial charge on any atom is 0.320 e. The van der Waals surface area contributed by atoms with Crippen molar-refractivity contribution in [2.75, 3.05) is 53.6 Å². The minimum absolute atomic E-state index is 0.0427. The fourth-order valence-electron chi connectivity index (χ4n) is 2.87. The summed E-state index contributed by atoms with van der Waals surface area (Å²) in [4.78, 5) is 28.2. The van der Waals surface area contributed by atoms with Crippen molar-refractivity contribution in [2.45, 2.75) is 13.3 Å². The Morgan fingerprint density at radius 3 is 2.48 bits per heavy atom. The average molecular weight is 350 g/mol. The van der Waals surface area contributed by atoms with E-state index in [2.05, 4.69) is 0 Å². The Morgan fingerprint density at radius 2 is 1.80 bits per heavy atom. The molecular weight excluding hydrogens is 324 g/mol. The minimum atomic E-state index is -0.220. The van der Waals surface area contributed by atoms with Crippen molar-refractivity contribution in [1.82, 2.24) is 9.80 Å². The van der Waals surface area contributed by atoms with Crippen LogP contribution >= 0.6 is 0 Å². The largest absolute Gasteiger partial charge is 0.493 e. The van der Waals surface area contributed by atoms with Gasteiger partial charge in [0.05, 0.1) is 27.4 Å². The zero-order valence-corrected chi connectivity index (χ0v) is 15.1. The number of benzene rings is 1. The molecule has 1 aliphatic heterocycles. The van der Waals surface area contributed by atoms with Crippen molar-refractivity contribution in [2.24, 2.45) is 0 Å². The SMILES string of the molecule is CCOC(=O)CN1CCCN(C(=O)c2ccc(OC)c(OC)c2)CC1. The smallest absolute Gasteiger partial charge is 0.320 e. The first-order valence-corrected chi connectivity index (χ1v) is 8.48. The molecule has 1 heterocycles. The van der Waals surface area contributed by atoms with E-state index < -0.39 is 0 Å². The number of rotatable bonds is 6. The van der Waals surface area contributed by atoms with Gasteiger partial charge in [-0.3, -0.25) is 14.5 Å². The van der Waals surface area contributed by atoms with Crippen molar-refractivity contribution >= 4 is 11.9 Å². The highest BCUT2D eigenvalue weighted by atomic mass is 16.5. The summed E-state index contributed by atoms with van der Waals surface area (Å²) in [6.45, 7) is 5.11. The summed E-state index contributed by atoms with van der Waals surface area (Å²) in [6, 6.07) is 5.17. The maximum atomic E-state index is 12.8. The van der Waals surface area contributed by atoms with Gasteiger partial charge >= 0.3 is 5.97 Å². The van der Waals surface area contributed by atoms with Crippen LogP contribution in [-0.4, -0.2) is 75.2 Å². The maximum absolute atomic E-state index is 12.8. The van der Waals surface area contributed by atoms with Gasteiger partial charge in [0, 0.05) is 31.7 Å². The van der Waals surface area contributed by atoms with Gasteiger partial charge in [0.1, 0.15) is 0 Å². The second kappa shape index (κ2) is 9.27. The zero-order chi connectivity index (χ0) is 18.2.